The molecule has 2 aromatic rings. The third-order valence-electron chi connectivity index (χ3n) is 5.91. The smallest absolute Gasteiger partial charge is 0.252 e. The Bertz CT molecular complexity index is 945. The van der Waals surface area contributed by atoms with Crippen LogP contribution < -0.4 is 15.4 Å². The molecule has 0 aromatic heterocycles. The zero-order chi connectivity index (χ0) is 21.1. The Balaban J connectivity index is 1.53. The summed E-state index contributed by atoms with van der Waals surface area (Å²) >= 11 is 0. The molecule has 2 heterocycles. The SMILES string of the molecule is COc1ccc(C(=O)NC(C(=O)N2CCC3(CCC(=O)N3)C2)c2ccccc2)cc1. The van der Waals surface area contributed by atoms with Gasteiger partial charge in [-0.05, 0) is 42.7 Å². The molecule has 7 nitrogen and oxygen atoms in total. The Morgan fingerprint density at radius 2 is 1.83 bits per heavy atom. The van der Waals surface area contributed by atoms with Crippen LogP contribution in [0.25, 0.3) is 0 Å². The van der Waals surface area contributed by atoms with E-state index in [4.69, 9.17) is 4.74 Å². The van der Waals surface area contributed by atoms with E-state index in [0.29, 0.717) is 30.8 Å². The van der Waals surface area contributed by atoms with Gasteiger partial charge < -0.3 is 20.3 Å². The van der Waals surface area contributed by atoms with Crippen molar-refractivity contribution in [1.82, 2.24) is 15.5 Å². The molecule has 2 saturated heterocycles. The zero-order valence-electron chi connectivity index (χ0n) is 16.9. The predicted octanol–water partition coefficient (Wildman–Crippen LogP) is 2.05. The molecular formula is C23H25N3O4. The van der Waals surface area contributed by atoms with Gasteiger partial charge in [-0.25, -0.2) is 0 Å². The lowest BCUT2D eigenvalue weighted by atomic mass is 9.97. The molecular weight excluding hydrogens is 382 g/mol. The van der Waals surface area contributed by atoms with Gasteiger partial charge in [-0.15, -0.1) is 0 Å². The van der Waals surface area contributed by atoms with E-state index in [-0.39, 0.29) is 23.3 Å². The lowest BCUT2D eigenvalue weighted by molar-refractivity contribution is -0.132. The van der Waals surface area contributed by atoms with Gasteiger partial charge in [0, 0.05) is 25.1 Å². The molecule has 0 radical (unpaired) electrons. The van der Waals surface area contributed by atoms with Crippen LogP contribution in [0, 0.1) is 0 Å². The molecule has 156 valence electrons. The molecule has 7 heteroatoms. The number of likely N-dealkylation sites (tertiary alicyclic amines) is 1. The number of hydrogen-bond donors (Lipinski definition) is 2. The van der Waals surface area contributed by atoms with Crippen molar-refractivity contribution in [3.8, 4) is 5.75 Å². The molecule has 3 amide bonds. The number of ether oxygens (including phenoxy) is 1. The molecule has 4 rings (SSSR count). The molecule has 2 unspecified atom stereocenters. The van der Waals surface area contributed by atoms with Crippen molar-refractivity contribution in [2.24, 2.45) is 0 Å². The Morgan fingerprint density at radius 1 is 1.10 bits per heavy atom. The first-order chi connectivity index (χ1) is 14.5. The van der Waals surface area contributed by atoms with Gasteiger partial charge in [-0.3, -0.25) is 14.4 Å². The first-order valence-electron chi connectivity index (χ1n) is 10.1. The molecule has 2 aromatic carbocycles. The molecule has 2 N–H and O–H groups in total. The number of nitrogens with one attached hydrogen (secondary N) is 2. The largest absolute Gasteiger partial charge is 0.497 e. The second-order valence-corrected chi connectivity index (χ2v) is 7.88. The molecule has 2 aliphatic rings. The van der Waals surface area contributed by atoms with Gasteiger partial charge >= 0.3 is 0 Å². The van der Waals surface area contributed by atoms with E-state index in [0.717, 1.165) is 18.4 Å². The van der Waals surface area contributed by atoms with E-state index >= 15 is 0 Å². The van der Waals surface area contributed by atoms with Crippen LogP contribution in [-0.4, -0.2) is 48.4 Å². The van der Waals surface area contributed by atoms with Crippen LogP contribution >= 0.6 is 0 Å². The highest BCUT2D eigenvalue weighted by Crippen LogP contribution is 2.32. The summed E-state index contributed by atoms with van der Waals surface area (Å²) in [5, 5.41) is 5.93. The number of rotatable bonds is 5. The summed E-state index contributed by atoms with van der Waals surface area (Å²) in [6.07, 6.45) is 1.97. The van der Waals surface area contributed by atoms with Crippen molar-refractivity contribution in [3.63, 3.8) is 0 Å². The Kier molecular flexibility index (Phi) is 5.44. The second-order valence-electron chi connectivity index (χ2n) is 7.88. The van der Waals surface area contributed by atoms with E-state index in [9.17, 15) is 14.4 Å². The van der Waals surface area contributed by atoms with Crippen molar-refractivity contribution in [3.05, 3.63) is 65.7 Å². The van der Waals surface area contributed by atoms with Gasteiger partial charge in [-0.2, -0.15) is 0 Å². The van der Waals surface area contributed by atoms with Crippen molar-refractivity contribution in [2.45, 2.75) is 30.8 Å². The van der Waals surface area contributed by atoms with Gasteiger partial charge in [0.05, 0.1) is 12.6 Å². The van der Waals surface area contributed by atoms with E-state index in [2.05, 4.69) is 10.6 Å². The van der Waals surface area contributed by atoms with E-state index < -0.39 is 6.04 Å². The summed E-state index contributed by atoms with van der Waals surface area (Å²) < 4.78 is 5.14. The fourth-order valence-electron chi connectivity index (χ4n) is 4.21. The Labute approximate surface area is 175 Å². The standard InChI is InChI=1S/C23H25N3O4/c1-30-18-9-7-17(8-10-18)21(28)24-20(16-5-3-2-4-6-16)22(29)26-14-13-23(15-26)12-11-19(27)25-23/h2-10,20H,11-15H2,1H3,(H,24,28)(H,25,27). The number of hydrogen-bond acceptors (Lipinski definition) is 4. The molecule has 30 heavy (non-hydrogen) atoms. The van der Waals surface area contributed by atoms with Crippen molar-refractivity contribution in [2.75, 3.05) is 20.2 Å². The number of methoxy groups -OCH3 is 1. The van der Waals surface area contributed by atoms with E-state index in [1.54, 1.807) is 36.3 Å². The minimum Gasteiger partial charge on any atom is -0.497 e. The molecule has 2 fully saturated rings. The van der Waals surface area contributed by atoms with Crippen molar-refractivity contribution >= 4 is 17.7 Å². The van der Waals surface area contributed by atoms with Gasteiger partial charge in [0.15, 0.2) is 0 Å². The van der Waals surface area contributed by atoms with Crippen LogP contribution in [0.5, 0.6) is 5.75 Å². The lowest BCUT2D eigenvalue weighted by Crippen LogP contribution is -2.47. The summed E-state index contributed by atoms with van der Waals surface area (Å²) in [4.78, 5) is 39.7. The quantitative estimate of drug-likeness (QED) is 0.794. The fraction of sp³-hybridized carbons (Fsp3) is 0.348. The predicted molar refractivity (Wildman–Crippen MR) is 111 cm³/mol. The average Bonchev–Trinajstić information content (AvgIpc) is 3.37. The van der Waals surface area contributed by atoms with Crippen LogP contribution in [0.2, 0.25) is 0 Å². The van der Waals surface area contributed by atoms with Gasteiger partial charge in [0.1, 0.15) is 11.8 Å². The van der Waals surface area contributed by atoms with Crippen LogP contribution in [0.3, 0.4) is 0 Å². The highest BCUT2D eigenvalue weighted by atomic mass is 16.5. The summed E-state index contributed by atoms with van der Waals surface area (Å²) in [7, 11) is 1.56. The highest BCUT2D eigenvalue weighted by Gasteiger charge is 2.45. The molecule has 0 bridgehead atoms. The van der Waals surface area contributed by atoms with Gasteiger partial charge in [0.25, 0.3) is 5.91 Å². The fourth-order valence-corrected chi connectivity index (χ4v) is 4.21. The summed E-state index contributed by atoms with van der Waals surface area (Å²) in [6.45, 7) is 1.03. The number of nitrogens with zero attached hydrogens (tertiary/aromatic N) is 1. The maximum absolute atomic E-state index is 13.4. The molecule has 2 aliphatic heterocycles. The molecule has 1 spiro atoms. The maximum Gasteiger partial charge on any atom is 0.252 e. The Morgan fingerprint density at radius 3 is 2.47 bits per heavy atom. The summed E-state index contributed by atoms with van der Waals surface area (Å²) in [5.41, 5.74) is 0.847. The van der Waals surface area contributed by atoms with Crippen LogP contribution in [0.4, 0.5) is 0 Å². The lowest BCUT2D eigenvalue weighted by Gasteiger charge is -2.27. The van der Waals surface area contributed by atoms with E-state index in [1.165, 1.54) is 0 Å². The Hall–Kier alpha value is -3.35. The zero-order valence-corrected chi connectivity index (χ0v) is 16.9. The monoisotopic (exact) mass is 407 g/mol. The van der Waals surface area contributed by atoms with Crippen LogP contribution in [-0.2, 0) is 9.59 Å². The van der Waals surface area contributed by atoms with Gasteiger partial charge in [0.2, 0.25) is 11.8 Å². The van der Waals surface area contributed by atoms with Crippen molar-refractivity contribution in [1.29, 1.82) is 0 Å². The summed E-state index contributed by atoms with van der Waals surface area (Å²) in [5.74, 6) is 0.198. The minimum atomic E-state index is -0.798. The van der Waals surface area contributed by atoms with Crippen LogP contribution in [0.15, 0.2) is 54.6 Å². The number of carbonyl (C=O) groups is 3. The normalized spacial score (nSPS) is 21.4. The topological polar surface area (TPSA) is 87.7 Å². The summed E-state index contributed by atoms with van der Waals surface area (Å²) in [6, 6.07) is 15.2. The third kappa shape index (κ3) is 4.01. The highest BCUT2D eigenvalue weighted by molar-refractivity contribution is 5.98. The third-order valence-corrected chi connectivity index (χ3v) is 5.91. The maximum atomic E-state index is 13.4. The number of amides is 3. The second kappa shape index (κ2) is 8.18. The van der Waals surface area contributed by atoms with E-state index in [1.807, 2.05) is 30.3 Å². The number of benzene rings is 2. The average molecular weight is 407 g/mol. The van der Waals surface area contributed by atoms with Crippen LogP contribution in [0.1, 0.15) is 41.2 Å². The first kappa shape index (κ1) is 19.9. The molecule has 0 aliphatic carbocycles. The minimum absolute atomic E-state index is 0.0386. The number of carbonyl (C=O) groups excluding carboxylic acids is 3. The molecule has 2 atom stereocenters. The molecule has 0 saturated carbocycles. The van der Waals surface area contributed by atoms with Gasteiger partial charge in [-0.1, -0.05) is 30.3 Å². The first-order valence-corrected chi connectivity index (χ1v) is 10.1. The van der Waals surface area contributed by atoms with Crippen molar-refractivity contribution < 1.29 is 19.1 Å².